The Morgan fingerprint density at radius 2 is 1.82 bits per heavy atom. The van der Waals surface area contributed by atoms with Crippen molar-refractivity contribution in [3.63, 3.8) is 0 Å². The molecule has 0 saturated carbocycles. The van der Waals surface area contributed by atoms with Crippen LogP contribution in [0.3, 0.4) is 0 Å². The number of rotatable bonds is 9. The molecule has 33 heavy (non-hydrogen) atoms. The monoisotopic (exact) mass is 474 g/mol. The number of likely N-dealkylation sites (tertiary alicyclic amines) is 1. The highest BCUT2D eigenvalue weighted by molar-refractivity contribution is 7.99. The van der Waals surface area contributed by atoms with Gasteiger partial charge in [-0.15, -0.1) is 10.2 Å². The van der Waals surface area contributed by atoms with Gasteiger partial charge in [-0.3, -0.25) is 19.6 Å². The van der Waals surface area contributed by atoms with Crippen molar-refractivity contribution in [1.29, 1.82) is 0 Å². The minimum Gasteiger partial charge on any atom is -0.497 e. The molecule has 1 saturated heterocycles. The number of benzene rings is 1. The van der Waals surface area contributed by atoms with Crippen LogP contribution in [0, 0.1) is 0 Å². The molecule has 180 valence electrons. The van der Waals surface area contributed by atoms with Crippen LogP contribution in [0.1, 0.15) is 58.3 Å². The van der Waals surface area contributed by atoms with Gasteiger partial charge in [0.2, 0.25) is 5.91 Å². The van der Waals surface area contributed by atoms with Crippen LogP contribution in [0.2, 0.25) is 0 Å². The van der Waals surface area contributed by atoms with E-state index in [0.29, 0.717) is 5.16 Å². The second-order valence-corrected chi connectivity index (χ2v) is 9.21. The number of nitrogens with zero attached hydrogens (tertiary/aromatic N) is 4. The standard InChI is InChI=1S/C23H34N6O3S/c1-5-16(2)24-22(31)25-20(30)15-33-23-27-26-21(17(3)28-13-7-6-8-14-28)29(23)18-9-11-19(32-4)12-10-18/h9-12,16-17H,5-8,13-15H2,1-4H3,(H2,24,25,30,31)/t16-,17+/m1/s1. The average Bonchev–Trinajstić information content (AvgIpc) is 3.26. The fourth-order valence-electron chi connectivity index (χ4n) is 3.74. The molecule has 1 aliphatic heterocycles. The smallest absolute Gasteiger partial charge is 0.321 e. The van der Waals surface area contributed by atoms with E-state index in [0.717, 1.165) is 36.8 Å². The van der Waals surface area contributed by atoms with Gasteiger partial charge in [-0.2, -0.15) is 0 Å². The summed E-state index contributed by atoms with van der Waals surface area (Å²) in [6.45, 7) is 8.08. The molecular formula is C23H34N6O3S. The Morgan fingerprint density at radius 1 is 1.12 bits per heavy atom. The number of amides is 3. The third kappa shape index (κ3) is 6.70. The number of aromatic nitrogens is 3. The number of urea groups is 1. The second-order valence-electron chi connectivity index (χ2n) is 8.27. The summed E-state index contributed by atoms with van der Waals surface area (Å²) in [6.07, 6.45) is 4.41. The molecule has 2 heterocycles. The van der Waals surface area contributed by atoms with Crippen LogP contribution in [0.5, 0.6) is 5.75 Å². The summed E-state index contributed by atoms with van der Waals surface area (Å²) in [4.78, 5) is 26.7. The predicted octanol–water partition coefficient (Wildman–Crippen LogP) is 3.54. The maximum atomic E-state index is 12.3. The molecule has 1 aromatic carbocycles. The van der Waals surface area contributed by atoms with Gasteiger partial charge in [0.15, 0.2) is 11.0 Å². The molecule has 1 aliphatic rings. The first kappa shape index (κ1) is 25.0. The van der Waals surface area contributed by atoms with Crippen molar-refractivity contribution in [3.8, 4) is 11.4 Å². The molecule has 1 aromatic heterocycles. The average molecular weight is 475 g/mol. The van der Waals surface area contributed by atoms with Gasteiger partial charge in [-0.05, 0) is 70.5 Å². The van der Waals surface area contributed by atoms with Gasteiger partial charge in [0, 0.05) is 11.7 Å². The van der Waals surface area contributed by atoms with Gasteiger partial charge in [0.05, 0.1) is 18.9 Å². The molecule has 0 aliphatic carbocycles. The van der Waals surface area contributed by atoms with Crippen LogP contribution >= 0.6 is 11.8 Å². The number of methoxy groups -OCH3 is 1. The van der Waals surface area contributed by atoms with Crippen LogP contribution in [0.15, 0.2) is 29.4 Å². The molecule has 0 bridgehead atoms. The van der Waals surface area contributed by atoms with Gasteiger partial charge in [0.1, 0.15) is 5.75 Å². The van der Waals surface area contributed by atoms with Gasteiger partial charge in [0.25, 0.3) is 0 Å². The summed E-state index contributed by atoms with van der Waals surface area (Å²) >= 11 is 1.26. The van der Waals surface area contributed by atoms with E-state index in [1.165, 1.54) is 31.0 Å². The first-order valence-electron chi connectivity index (χ1n) is 11.5. The topological polar surface area (TPSA) is 101 Å². The quantitative estimate of drug-likeness (QED) is 0.536. The Labute approximate surface area is 199 Å². The zero-order valence-corrected chi connectivity index (χ0v) is 20.7. The lowest BCUT2D eigenvalue weighted by Crippen LogP contribution is -2.43. The van der Waals surface area contributed by atoms with Crippen molar-refractivity contribution in [2.75, 3.05) is 26.0 Å². The summed E-state index contributed by atoms with van der Waals surface area (Å²) in [5.74, 6) is 1.27. The Kier molecular flexibility index (Phi) is 9.13. The van der Waals surface area contributed by atoms with Crippen LogP contribution in [-0.2, 0) is 4.79 Å². The van der Waals surface area contributed by atoms with Crippen molar-refractivity contribution in [2.24, 2.45) is 0 Å². The Balaban J connectivity index is 1.78. The third-order valence-corrected chi connectivity index (χ3v) is 6.81. The lowest BCUT2D eigenvalue weighted by Gasteiger charge is -2.31. The Bertz CT molecular complexity index is 927. The zero-order chi connectivity index (χ0) is 23.8. The molecule has 3 amide bonds. The van der Waals surface area contributed by atoms with E-state index in [9.17, 15) is 9.59 Å². The number of carbonyl (C=O) groups is 2. The number of piperidine rings is 1. The molecule has 2 N–H and O–H groups in total. The molecule has 10 heteroatoms. The van der Waals surface area contributed by atoms with Gasteiger partial charge < -0.3 is 10.1 Å². The van der Waals surface area contributed by atoms with E-state index in [-0.39, 0.29) is 23.7 Å². The molecule has 1 fully saturated rings. The summed E-state index contributed by atoms with van der Waals surface area (Å²) < 4.78 is 7.29. The van der Waals surface area contributed by atoms with E-state index in [1.807, 2.05) is 42.7 Å². The van der Waals surface area contributed by atoms with Crippen molar-refractivity contribution < 1.29 is 14.3 Å². The van der Waals surface area contributed by atoms with Crippen molar-refractivity contribution >= 4 is 23.7 Å². The highest BCUT2D eigenvalue weighted by Crippen LogP contribution is 2.30. The van der Waals surface area contributed by atoms with E-state index >= 15 is 0 Å². The fraction of sp³-hybridized carbons (Fsp3) is 0.565. The predicted molar refractivity (Wildman–Crippen MR) is 129 cm³/mol. The number of imide groups is 1. The molecule has 3 rings (SSSR count). The Morgan fingerprint density at radius 3 is 2.45 bits per heavy atom. The summed E-state index contributed by atoms with van der Waals surface area (Å²) in [7, 11) is 1.63. The molecule has 0 unspecified atom stereocenters. The van der Waals surface area contributed by atoms with Crippen LogP contribution in [-0.4, -0.2) is 63.6 Å². The van der Waals surface area contributed by atoms with Crippen molar-refractivity contribution in [1.82, 2.24) is 30.3 Å². The molecule has 9 nitrogen and oxygen atoms in total. The highest BCUT2D eigenvalue weighted by Gasteiger charge is 2.26. The number of ether oxygens (including phenoxy) is 1. The maximum absolute atomic E-state index is 12.3. The van der Waals surface area contributed by atoms with Gasteiger partial charge in [-0.25, -0.2) is 4.79 Å². The van der Waals surface area contributed by atoms with Gasteiger partial charge >= 0.3 is 6.03 Å². The minimum absolute atomic E-state index is 0.00227. The number of carbonyl (C=O) groups excluding carboxylic acids is 2. The normalized spacial score (nSPS) is 16.1. The number of hydrogen-bond donors (Lipinski definition) is 2. The third-order valence-electron chi connectivity index (χ3n) is 5.88. The molecule has 0 spiro atoms. The molecule has 0 radical (unpaired) electrons. The molecule has 2 atom stereocenters. The fourth-order valence-corrected chi connectivity index (χ4v) is 4.50. The molecule has 2 aromatic rings. The number of hydrogen-bond acceptors (Lipinski definition) is 7. The first-order valence-corrected chi connectivity index (χ1v) is 12.5. The number of nitrogens with one attached hydrogen (secondary N) is 2. The maximum Gasteiger partial charge on any atom is 0.321 e. The van der Waals surface area contributed by atoms with Crippen LogP contribution in [0.4, 0.5) is 4.79 Å². The first-order chi connectivity index (χ1) is 15.9. The summed E-state index contributed by atoms with van der Waals surface area (Å²) in [6, 6.07) is 7.31. The Hall–Kier alpha value is -2.59. The van der Waals surface area contributed by atoms with Crippen molar-refractivity contribution in [3.05, 3.63) is 30.1 Å². The SMILES string of the molecule is CC[C@@H](C)NC(=O)NC(=O)CSc1nnc([C@H](C)N2CCCCC2)n1-c1ccc(OC)cc1. The molecular weight excluding hydrogens is 440 g/mol. The lowest BCUT2D eigenvalue weighted by molar-refractivity contribution is -0.117. The van der Waals surface area contributed by atoms with Gasteiger partial charge in [-0.1, -0.05) is 25.1 Å². The van der Waals surface area contributed by atoms with E-state index in [2.05, 4.69) is 32.7 Å². The van der Waals surface area contributed by atoms with E-state index in [1.54, 1.807) is 7.11 Å². The highest BCUT2D eigenvalue weighted by atomic mass is 32.2. The summed E-state index contributed by atoms with van der Waals surface area (Å²) in [5, 5.41) is 14.6. The largest absolute Gasteiger partial charge is 0.497 e. The second kappa shape index (κ2) is 12.0. The zero-order valence-electron chi connectivity index (χ0n) is 19.8. The van der Waals surface area contributed by atoms with Crippen molar-refractivity contribution in [2.45, 2.75) is 63.7 Å². The van der Waals surface area contributed by atoms with E-state index < -0.39 is 6.03 Å². The lowest BCUT2D eigenvalue weighted by atomic mass is 10.1. The van der Waals surface area contributed by atoms with E-state index in [4.69, 9.17) is 4.74 Å². The van der Waals surface area contributed by atoms with Crippen LogP contribution < -0.4 is 15.4 Å². The number of thioether (sulfide) groups is 1. The summed E-state index contributed by atoms with van der Waals surface area (Å²) in [5.41, 5.74) is 0.900. The van der Waals surface area contributed by atoms with Crippen LogP contribution in [0.25, 0.3) is 5.69 Å². The minimum atomic E-state index is -0.481.